The Kier molecular flexibility index (Phi) is 8.38. The molecule has 2 nitrogen and oxygen atoms in total. The number of hydrogen-bond donors (Lipinski definition) is 1. The lowest BCUT2D eigenvalue weighted by atomic mass is 10.1. The van der Waals surface area contributed by atoms with Gasteiger partial charge in [0.05, 0.1) is 6.08 Å². The zero-order valence-electron chi connectivity index (χ0n) is 8.25. The van der Waals surface area contributed by atoms with Crippen LogP contribution in [-0.2, 0) is 4.79 Å². The molecule has 2 heteroatoms. The summed E-state index contributed by atoms with van der Waals surface area (Å²) in [5, 5.41) is 8.25. The second-order valence-corrected chi connectivity index (χ2v) is 3.06. The minimum absolute atomic E-state index is 0.928. The highest BCUT2D eigenvalue weighted by molar-refractivity contribution is 5.79. The van der Waals surface area contributed by atoms with E-state index in [0.717, 1.165) is 18.9 Å². The molecule has 0 heterocycles. The smallest absolute Gasteiger partial charge is 0.336 e. The van der Waals surface area contributed by atoms with Crippen LogP contribution in [-0.4, -0.2) is 11.1 Å². The van der Waals surface area contributed by atoms with Crippen LogP contribution in [0.1, 0.15) is 45.4 Å². The van der Waals surface area contributed by atoms with Crippen LogP contribution < -0.4 is 0 Å². The summed E-state index contributed by atoms with van der Waals surface area (Å²) in [6.45, 7) is 2.19. The predicted molar refractivity (Wildman–Crippen MR) is 53.7 cm³/mol. The lowest BCUT2D eigenvalue weighted by Crippen LogP contribution is -1.83. The fraction of sp³-hybridized carbons (Fsp3) is 0.636. The number of hydrogen-bond acceptors (Lipinski definition) is 1. The van der Waals surface area contributed by atoms with E-state index in [0.29, 0.717) is 0 Å². The Bertz CT molecular complexity index is 188. The molecule has 0 atom stereocenters. The van der Waals surface area contributed by atoms with Crippen LogP contribution >= 0.6 is 0 Å². The van der Waals surface area contributed by atoms with Gasteiger partial charge in [-0.25, -0.2) is 4.79 Å². The van der Waals surface area contributed by atoms with Crippen molar-refractivity contribution in [3.63, 3.8) is 0 Å². The molecule has 0 radical (unpaired) electrons. The summed E-state index contributed by atoms with van der Waals surface area (Å²) in [6, 6.07) is 0. The third kappa shape index (κ3) is 11.0. The van der Waals surface area contributed by atoms with Gasteiger partial charge in [0, 0.05) is 0 Å². The summed E-state index contributed by atoms with van der Waals surface area (Å²) >= 11 is 0. The maximum atomic E-state index is 10.0. The monoisotopic (exact) mass is 182 g/mol. The summed E-state index contributed by atoms with van der Waals surface area (Å²) in [4.78, 5) is 10.0. The average molecular weight is 182 g/mol. The van der Waals surface area contributed by atoms with Crippen LogP contribution in [0.4, 0.5) is 0 Å². The van der Waals surface area contributed by atoms with Crippen molar-refractivity contribution in [1.29, 1.82) is 0 Å². The van der Waals surface area contributed by atoms with E-state index in [9.17, 15) is 4.79 Å². The van der Waals surface area contributed by atoms with Gasteiger partial charge >= 0.3 is 5.97 Å². The van der Waals surface area contributed by atoms with Crippen LogP contribution in [0.25, 0.3) is 0 Å². The summed E-state index contributed by atoms with van der Waals surface area (Å²) in [5.74, 6) is -0.928. The second-order valence-electron chi connectivity index (χ2n) is 3.06. The first kappa shape index (κ1) is 12.0. The van der Waals surface area contributed by atoms with Crippen molar-refractivity contribution >= 4 is 5.97 Å². The van der Waals surface area contributed by atoms with Gasteiger partial charge < -0.3 is 5.11 Å². The van der Waals surface area contributed by atoms with Crippen LogP contribution in [0, 0.1) is 0 Å². The van der Waals surface area contributed by atoms with E-state index in [1.165, 1.54) is 25.7 Å². The molecule has 0 saturated heterocycles. The Labute approximate surface area is 80.0 Å². The van der Waals surface area contributed by atoms with Gasteiger partial charge in [0.1, 0.15) is 0 Å². The second kappa shape index (κ2) is 9.08. The molecule has 0 rings (SSSR count). The summed E-state index contributed by atoms with van der Waals surface area (Å²) in [6.07, 6.45) is 10.00. The minimum atomic E-state index is -0.928. The number of carbonyl (C=O) groups is 1. The van der Waals surface area contributed by atoms with Crippen LogP contribution in [0.15, 0.2) is 17.9 Å². The average Bonchev–Trinajstić information content (AvgIpc) is 2.09. The van der Waals surface area contributed by atoms with Crippen molar-refractivity contribution < 1.29 is 9.90 Å². The molecular weight excluding hydrogens is 164 g/mol. The van der Waals surface area contributed by atoms with Crippen LogP contribution in [0.2, 0.25) is 0 Å². The SMILES string of the molecule is CCCCCCCC=C=CC(=O)O. The number of unbranched alkanes of at least 4 members (excludes halogenated alkanes) is 5. The molecule has 1 N–H and O–H groups in total. The van der Waals surface area contributed by atoms with E-state index in [2.05, 4.69) is 12.7 Å². The molecule has 0 aliphatic carbocycles. The van der Waals surface area contributed by atoms with Crippen molar-refractivity contribution in [3.8, 4) is 0 Å². The summed E-state index contributed by atoms with van der Waals surface area (Å²) in [7, 11) is 0. The van der Waals surface area contributed by atoms with Gasteiger partial charge in [-0.2, -0.15) is 0 Å². The van der Waals surface area contributed by atoms with Gasteiger partial charge in [0.2, 0.25) is 0 Å². The molecule has 0 aliphatic rings. The zero-order chi connectivity index (χ0) is 9.94. The maximum Gasteiger partial charge on any atom is 0.336 e. The van der Waals surface area contributed by atoms with Gasteiger partial charge in [-0.05, 0) is 18.9 Å². The first-order valence-electron chi connectivity index (χ1n) is 4.91. The molecule has 13 heavy (non-hydrogen) atoms. The Morgan fingerprint density at radius 3 is 2.62 bits per heavy atom. The fourth-order valence-electron chi connectivity index (χ4n) is 1.06. The normalized spacial score (nSPS) is 9.00. The highest BCUT2D eigenvalue weighted by Gasteiger charge is 1.86. The molecule has 0 spiro atoms. The predicted octanol–water partition coefficient (Wildman–Crippen LogP) is 3.14. The van der Waals surface area contributed by atoms with Crippen molar-refractivity contribution in [2.45, 2.75) is 45.4 Å². The molecule has 74 valence electrons. The first-order valence-corrected chi connectivity index (χ1v) is 4.91. The van der Waals surface area contributed by atoms with Crippen molar-refractivity contribution in [2.75, 3.05) is 0 Å². The summed E-state index contributed by atoms with van der Waals surface area (Å²) < 4.78 is 0. The van der Waals surface area contributed by atoms with E-state index in [4.69, 9.17) is 5.11 Å². The van der Waals surface area contributed by atoms with Crippen molar-refractivity contribution in [3.05, 3.63) is 17.9 Å². The molecular formula is C11H18O2. The van der Waals surface area contributed by atoms with Crippen molar-refractivity contribution in [1.82, 2.24) is 0 Å². The quantitative estimate of drug-likeness (QED) is 0.373. The minimum Gasteiger partial charge on any atom is -0.478 e. The van der Waals surface area contributed by atoms with Gasteiger partial charge in [0.15, 0.2) is 0 Å². The molecule has 0 aromatic carbocycles. The topological polar surface area (TPSA) is 37.3 Å². The maximum absolute atomic E-state index is 10.0. The third-order valence-corrected chi connectivity index (χ3v) is 1.78. The van der Waals surface area contributed by atoms with Crippen LogP contribution in [0.5, 0.6) is 0 Å². The Morgan fingerprint density at radius 1 is 1.31 bits per heavy atom. The number of carboxylic acid groups (broad SMARTS) is 1. The molecule has 0 aromatic rings. The number of aliphatic carboxylic acids is 1. The van der Waals surface area contributed by atoms with E-state index in [1.807, 2.05) is 0 Å². The third-order valence-electron chi connectivity index (χ3n) is 1.78. The number of rotatable bonds is 7. The Hall–Kier alpha value is -1.01. The molecule has 0 bridgehead atoms. The van der Waals surface area contributed by atoms with E-state index < -0.39 is 5.97 Å². The van der Waals surface area contributed by atoms with Gasteiger partial charge in [-0.1, -0.05) is 32.6 Å². The van der Waals surface area contributed by atoms with Gasteiger partial charge in [0.25, 0.3) is 0 Å². The molecule has 0 amide bonds. The van der Waals surface area contributed by atoms with E-state index in [1.54, 1.807) is 6.08 Å². The molecule has 0 unspecified atom stereocenters. The molecule has 0 fully saturated rings. The van der Waals surface area contributed by atoms with Gasteiger partial charge in [-0.15, -0.1) is 5.73 Å². The fourth-order valence-corrected chi connectivity index (χ4v) is 1.06. The lowest BCUT2D eigenvalue weighted by Gasteiger charge is -1.94. The molecule has 0 aromatic heterocycles. The van der Waals surface area contributed by atoms with E-state index in [-0.39, 0.29) is 0 Å². The Morgan fingerprint density at radius 2 is 2.00 bits per heavy atom. The molecule has 0 aliphatic heterocycles. The summed E-state index contributed by atoms with van der Waals surface area (Å²) in [5.41, 5.74) is 2.63. The zero-order valence-corrected chi connectivity index (χ0v) is 8.25. The standard InChI is InChI=1S/C11H18O2/c1-2-3-4-5-6-7-8-9-10-11(12)13/h8,10H,2-7H2,1H3,(H,12,13). The van der Waals surface area contributed by atoms with E-state index >= 15 is 0 Å². The van der Waals surface area contributed by atoms with Crippen LogP contribution in [0.3, 0.4) is 0 Å². The lowest BCUT2D eigenvalue weighted by molar-refractivity contribution is -0.131. The molecule has 0 saturated carbocycles. The highest BCUT2D eigenvalue weighted by Crippen LogP contribution is 2.04. The largest absolute Gasteiger partial charge is 0.478 e. The Balaban J connectivity index is 3.25. The highest BCUT2D eigenvalue weighted by atomic mass is 16.4. The number of carboxylic acids is 1. The van der Waals surface area contributed by atoms with Crippen molar-refractivity contribution in [2.24, 2.45) is 0 Å². The van der Waals surface area contributed by atoms with Gasteiger partial charge in [-0.3, -0.25) is 0 Å². The first-order chi connectivity index (χ1) is 6.27.